The third-order valence-electron chi connectivity index (χ3n) is 3.61. The molecular weight excluding hydrogens is 238 g/mol. The monoisotopic (exact) mass is 261 g/mol. The van der Waals surface area contributed by atoms with Crippen LogP contribution in [-0.4, -0.2) is 22.1 Å². The quantitative estimate of drug-likeness (QED) is 0.801. The summed E-state index contributed by atoms with van der Waals surface area (Å²) in [6.45, 7) is 4.16. The van der Waals surface area contributed by atoms with Crippen LogP contribution >= 0.6 is 0 Å². The van der Waals surface area contributed by atoms with E-state index in [4.69, 9.17) is 0 Å². The zero-order valence-corrected chi connectivity index (χ0v) is 11.8. The Kier molecular flexibility index (Phi) is 4.77. The molecule has 0 radical (unpaired) electrons. The van der Waals surface area contributed by atoms with E-state index in [1.165, 1.54) is 18.4 Å². The minimum Gasteiger partial charge on any atom is -0.344 e. The summed E-state index contributed by atoms with van der Waals surface area (Å²) in [6, 6.07) is 1.96. The fourth-order valence-electron chi connectivity index (χ4n) is 2.49. The van der Waals surface area contributed by atoms with Crippen molar-refractivity contribution in [1.29, 1.82) is 0 Å². The van der Waals surface area contributed by atoms with E-state index < -0.39 is 0 Å². The lowest BCUT2D eigenvalue weighted by Gasteiger charge is -2.20. The average Bonchev–Trinajstić information content (AvgIpc) is 2.89. The maximum absolute atomic E-state index is 12.1. The number of carbonyl (C=O) groups excluding carboxylic acids is 1. The summed E-state index contributed by atoms with van der Waals surface area (Å²) < 4.78 is 0. The molecule has 0 spiro atoms. The number of aryl methyl sites for hydroxylation is 1. The van der Waals surface area contributed by atoms with Gasteiger partial charge in [0, 0.05) is 11.7 Å². The SMILES string of the molecule is CCCc1cc(C(=O)N[C@@H](C)C2=CCCCC2)n[nH]1. The molecular formula is C15H23N3O. The Labute approximate surface area is 114 Å². The third-order valence-corrected chi connectivity index (χ3v) is 3.61. The first-order valence-electron chi connectivity index (χ1n) is 7.24. The molecule has 1 aromatic heterocycles. The van der Waals surface area contributed by atoms with Gasteiger partial charge >= 0.3 is 0 Å². The van der Waals surface area contributed by atoms with Gasteiger partial charge in [-0.2, -0.15) is 5.10 Å². The van der Waals surface area contributed by atoms with E-state index in [9.17, 15) is 4.79 Å². The molecule has 0 aromatic carbocycles. The number of aromatic nitrogens is 2. The van der Waals surface area contributed by atoms with Gasteiger partial charge in [-0.3, -0.25) is 9.89 Å². The minimum atomic E-state index is -0.0856. The molecule has 2 rings (SSSR count). The molecule has 1 heterocycles. The Bertz CT molecular complexity index is 462. The molecule has 0 unspecified atom stereocenters. The predicted molar refractivity (Wildman–Crippen MR) is 76.1 cm³/mol. The number of carbonyl (C=O) groups is 1. The number of nitrogens with zero attached hydrogens (tertiary/aromatic N) is 1. The summed E-state index contributed by atoms with van der Waals surface area (Å²) in [5, 5.41) is 10.0. The minimum absolute atomic E-state index is 0.0856. The van der Waals surface area contributed by atoms with Crippen molar-refractivity contribution in [2.24, 2.45) is 0 Å². The van der Waals surface area contributed by atoms with Crippen LogP contribution in [0.3, 0.4) is 0 Å². The highest BCUT2D eigenvalue weighted by atomic mass is 16.2. The fourth-order valence-corrected chi connectivity index (χ4v) is 2.49. The van der Waals surface area contributed by atoms with Gasteiger partial charge < -0.3 is 5.32 Å². The molecule has 2 N–H and O–H groups in total. The average molecular weight is 261 g/mol. The van der Waals surface area contributed by atoms with Gasteiger partial charge in [-0.05, 0) is 45.1 Å². The summed E-state index contributed by atoms with van der Waals surface area (Å²) >= 11 is 0. The lowest BCUT2D eigenvalue weighted by molar-refractivity contribution is 0.0939. The van der Waals surface area contributed by atoms with Crippen molar-refractivity contribution in [3.05, 3.63) is 29.1 Å². The normalized spacial score (nSPS) is 16.8. The van der Waals surface area contributed by atoms with Crippen LogP contribution in [0.25, 0.3) is 0 Å². The standard InChI is InChI=1S/C15H23N3O/c1-3-7-13-10-14(18-17-13)15(19)16-11(2)12-8-5-4-6-9-12/h8,10-11H,3-7,9H2,1-2H3,(H,16,19)(H,17,18)/t11-/m0/s1. The molecule has 1 aromatic rings. The number of rotatable bonds is 5. The van der Waals surface area contributed by atoms with Gasteiger partial charge in [0.2, 0.25) is 0 Å². The first-order chi connectivity index (χ1) is 9.20. The van der Waals surface area contributed by atoms with Gasteiger partial charge in [0.05, 0.1) is 0 Å². The number of aromatic amines is 1. The zero-order valence-electron chi connectivity index (χ0n) is 11.8. The van der Waals surface area contributed by atoms with Crippen LogP contribution in [0.2, 0.25) is 0 Å². The maximum atomic E-state index is 12.1. The van der Waals surface area contributed by atoms with Crippen molar-refractivity contribution in [1.82, 2.24) is 15.5 Å². The molecule has 4 heteroatoms. The molecule has 4 nitrogen and oxygen atoms in total. The van der Waals surface area contributed by atoms with Gasteiger partial charge in [-0.15, -0.1) is 0 Å². The van der Waals surface area contributed by atoms with Gasteiger partial charge in [-0.1, -0.05) is 25.0 Å². The second kappa shape index (κ2) is 6.55. The molecule has 1 amide bonds. The highest BCUT2D eigenvalue weighted by Gasteiger charge is 2.16. The number of H-pyrrole nitrogens is 1. The van der Waals surface area contributed by atoms with E-state index in [1.807, 2.05) is 6.07 Å². The number of hydrogen-bond donors (Lipinski definition) is 2. The topological polar surface area (TPSA) is 57.8 Å². The van der Waals surface area contributed by atoms with E-state index >= 15 is 0 Å². The van der Waals surface area contributed by atoms with E-state index in [0.717, 1.165) is 31.4 Å². The lowest BCUT2D eigenvalue weighted by atomic mass is 9.95. The molecule has 0 saturated heterocycles. The molecule has 0 aliphatic heterocycles. The maximum Gasteiger partial charge on any atom is 0.272 e. The summed E-state index contributed by atoms with van der Waals surface area (Å²) in [7, 11) is 0. The summed E-state index contributed by atoms with van der Waals surface area (Å²) in [5.74, 6) is -0.0856. The molecule has 0 saturated carbocycles. The van der Waals surface area contributed by atoms with Crippen molar-refractivity contribution in [3.8, 4) is 0 Å². The van der Waals surface area contributed by atoms with Gasteiger partial charge in [0.15, 0.2) is 0 Å². The molecule has 0 bridgehead atoms. The van der Waals surface area contributed by atoms with Crippen LogP contribution in [-0.2, 0) is 6.42 Å². The van der Waals surface area contributed by atoms with Crippen LogP contribution in [0.5, 0.6) is 0 Å². The number of amides is 1. The fraction of sp³-hybridized carbons (Fsp3) is 0.600. The first kappa shape index (κ1) is 13.8. The van der Waals surface area contributed by atoms with Crippen LogP contribution in [0.1, 0.15) is 62.1 Å². The smallest absolute Gasteiger partial charge is 0.272 e. The number of nitrogens with one attached hydrogen (secondary N) is 2. The van der Waals surface area contributed by atoms with Crippen LogP contribution < -0.4 is 5.32 Å². The van der Waals surface area contributed by atoms with Crippen molar-refractivity contribution >= 4 is 5.91 Å². The van der Waals surface area contributed by atoms with Crippen molar-refractivity contribution in [3.63, 3.8) is 0 Å². The molecule has 19 heavy (non-hydrogen) atoms. The zero-order chi connectivity index (χ0) is 13.7. The van der Waals surface area contributed by atoms with Crippen LogP contribution in [0.15, 0.2) is 17.7 Å². The Hall–Kier alpha value is -1.58. The molecule has 1 aliphatic rings. The third kappa shape index (κ3) is 3.69. The molecule has 1 aliphatic carbocycles. The van der Waals surface area contributed by atoms with Crippen molar-refractivity contribution in [2.75, 3.05) is 0 Å². The molecule has 104 valence electrons. The second-order valence-electron chi connectivity index (χ2n) is 5.25. The Morgan fingerprint density at radius 2 is 2.37 bits per heavy atom. The number of hydrogen-bond acceptors (Lipinski definition) is 2. The van der Waals surface area contributed by atoms with Gasteiger partial charge in [0.1, 0.15) is 5.69 Å². The van der Waals surface area contributed by atoms with E-state index in [1.54, 1.807) is 0 Å². The Morgan fingerprint density at radius 3 is 3.05 bits per heavy atom. The molecule has 0 fully saturated rings. The van der Waals surface area contributed by atoms with E-state index in [0.29, 0.717) is 5.69 Å². The predicted octanol–water partition coefficient (Wildman–Crippen LogP) is 2.98. The molecule has 1 atom stereocenters. The van der Waals surface area contributed by atoms with Crippen molar-refractivity contribution < 1.29 is 4.79 Å². The summed E-state index contributed by atoms with van der Waals surface area (Å²) in [5.41, 5.74) is 2.87. The van der Waals surface area contributed by atoms with E-state index in [2.05, 4.69) is 35.4 Å². The van der Waals surface area contributed by atoms with Crippen molar-refractivity contribution in [2.45, 2.75) is 58.4 Å². The Balaban J connectivity index is 1.93. The largest absolute Gasteiger partial charge is 0.344 e. The highest BCUT2D eigenvalue weighted by molar-refractivity contribution is 5.92. The second-order valence-corrected chi connectivity index (χ2v) is 5.25. The highest BCUT2D eigenvalue weighted by Crippen LogP contribution is 2.20. The summed E-state index contributed by atoms with van der Waals surface area (Å²) in [4.78, 5) is 12.1. The summed E-state index contributed by atoms with van der Waals surface area (Å²) in [6.07, 6.45) is 8.98. The first-order valence-corrected chi connectivity index (χ1v) is 7.24. The number of allylic oxidation sites excluding steroid dienone is 1. The van der Waals surface area contributed by atoms with Crippen LogP contribution in [0, 0.1) is 0 Å². The van der Waals surface area contributed by atoms with E-state index in [-0.39, 0.29) is 11.9 Å². The lowest BCUT2D eigenvalue weighted by Crippen LogP contribution is -2.34. The van der Waals surface area contributed by atoms with Gasteiger partial charge in [-0.25, -0.2) is 0 Å². The van der Waals surface area contributed by atoms with Crippen LogP contribution in [0.4, 0.5) is 0 Å². The van der Waals surface area contributed by atoms with Gasteiger partial charge in [0.25, 0.3) is 5.91 Å². The Morgan fingerprint density at radius 1 is 1.53 bits per heavy atom.